The Morgan fingerprint density at radius 1 is 0.463 bits per heavy atom. The molecule has 4 aromatic rings. The third-order valence-electron chi connectivity index (χ3n) is 9.03. The Bertz CT molecular complexity index is 2260. The van der Waals surface area contributed by atoms with Crippen LogP contribution in [0.3, 0.4) is 0 Å². The van der Waals surface area contributed by atoms with Crippen molar-refractivity contribution in [2.75, 3.05) is 11.9 Å². The van der Waals surface area contributed by atoms with E-state index in [0.29, 0.717) is 41.3 Å². The SMILES string of the molecule is C.Cc1ccc(-c2ccc(N3C(=O)c4ccc(C(c5ccc6c(c5)C(=O)N(C)C6=O)(C(F)(F)F)C(F)(F)F)cc4C3=O)cc2C(F)(F)F)c(C(F)(F)F)c1. The monoisotopic (exact) mass is 774 g/mol. The first-order chi connectivity index (χ1) is 24.3. The molecule has 0 radical (unpaired) electrons. The molecule has 0 bridgehead atoms. The molecular weight excluding hydrogens is 752 g/mol. The lowest BCUT2D eigenvalue weighted by Crippen LogP contribution is -2.55. The van der Waals surface area contributed by atoms with E-state index in [-0.39, 0.29) is 42.2 Å². The molecule has 0 saturated carbocycles. The number of imide groups is 2. The number of benzene rings is 4. The van der Waals surface area contributed by atoms with Crippen LogP contribution in [-0.4, -0.2) is 47.9 Å². The summed E-state index contributed by atoms with van der Waals surface area (Å²) < 4.78 is 174. The molecule has 2 aliphatic rings. The van der Waals surface area contributed by atoms with Crippen molar-refractivity contribution in [1.29, 1.82) is 0 Å². The Kier molecular flexibility index (Phi) is 9.11. The van der Waals surface area contributed by atoms with E-state index in [2.05, 4.69) is 0 Å². The lowest BCUT2D eigenvalue weighted by molar-refractivity contribution is -0.288. The second-order valence-electron chi connectivity index (χ2n) is 12.2. The molecule has 0 unspecified atom stereocenters. The molecule has 4 amide bonds. The summed E-state index contributed by atoms with van der Waals surface area (Å²) in [5, 5.41) is 0. The van der Waals surface area contributed by atoms with Gasteiger partial charge in [0.2, 0.25) is 5.41 Å². The molecule has 2 heterocycles. The van der Waals surface area contributed by atoms with Gasteiger partial charge in [-0.15, -0.1) is 0 Å². The van der Waals surface area contributed by atoms with E-state index in [1.165, 1.54) is 6.92 Å². The van der Waals surface area contributed by atoms with Crippen LogP contribution in [0.2, 0.25) is 0 Å². The second kappa shape index (κ2) is 12.4. The summed E-state index contributed by atoms with van der Waals surface area (Å²) in [4.78, 5) is 52.2. The van der Waals surface area contributed by atoms with Crippen LogP contribution in [0.1, 0.15) is 76.7 Å². The van der Waals surface area contributed by atoms with E-state index < -0.39 is 115 Å². The number of nitrogens with zero attached hydrogens (tertiary/aromatic N) is 2. The maximum Gasteiger partial charge on any atom is 0.417 e. The smallest absolute Gasteiger partial charge is 0.277 e. The molecule has 4 aromatic carbocycles. The van der Waals surface area contributed by atoms with Crippen molar-refractivity contribution in [2.45, 2.75) is 44.5 Å². The maximum atomic E-state index is 14.9. The highest BCUT2D eigenvalue weighted by atomic mass is 19.4. The Balaban J connectivity index is 0.00000561. The maximum absolute atomic E-state index is 14.9. The van der Waals surface area contributed by atoms with Crippen molar-refractivity contribution in [2.24, 2.45) is 0 Å². The molecule has 0 aromatic heterocycles. The van der Waals surface area contributed by atoms with Crippen molar-refractivity contribution in [3.8, 4) is 11.1 Å². The zero-order chi connectivity index (χ0) is 39.4. The number of anilines is 1. The number of rotatable bonds is 4. The van der Waals surface area contributed by atoms with E-state index in [0.717, 1.165) is 19.2 Å². The zero-order valence-corrected chi connectivity index (χ0v) is 26.5. The molecule has 0 atom stereocenters. The van der Waals surface area contributed by atoms with E-state index >= 15 is 0 Å². The lowest BCUT2D eigenvalue weighted by atomic mass is 9.71. The fraction of sp³-hybridized carbons (Fsp3) is 0.222. The van der Waals surface area contributed by atoms with Crippen LogP contribution in [0.25, 0.3) is 11.1 Å². The number of alkyl halides is 12. The standard InChI is InChI=1S/C35H18F12N2O4.CH4/c1-15-3-7-19(25(11-15)32(36,37)38)20-10-6-18(14-26(20)33(39,40)41)49-29(52)22-9-5-17(13-24(22)30(49)53)31(34(42,43)44,35(45,46)47)16-4-8-21-23(12-16)28(51)48(2)27(21)50;/h3-14H,1-2H3;1H4. The fourth-order valence-corrected chi connectivity index (χ4v) is 6.55. The average Bonchev–Trinajstić information content (AvgIpc) is 3.42. The molecule has 0 saturated heterocycles. The summed E-state index contributed by atoms with van der Waals surface area (Å²) in [6.07, 6.45) is -23.0. The molecule has 284 valence electrons. The molecule has 6 nitrogen and oxygen atoms in total. The number of halogens is 12. The first-order valence-corrected chi connectivity index (χ1v) is 14.9. The number of carbonyl (C=O) groups is 4. The fourth-order valence-electron chi connectivity index (χ4n) is 6.55. The predicted octanol–water partition coefficient (Wildman–Crippen LogP) is 9.77. The van der Waals surface area contributed by atoms with Crippen LogP contribution in [-0.2, 0) is 17.8 Å². The largest absolute Gasteiger partial charge is 0.417 e. The van der Waals surface area contributed by atoms with Gasteiger partial charge < -0.3 is 0 Å². The molecular formula is C36H22F12N2O4. The van der Waals surface area contributed by atoms with E-state index in [4.69, 9.17) is 0 Å². The topological polar surface area (TPSA) is 74.8 Å². The highest BCUT2D eigenvalue weighted by Gasteiger charge is 2.73. The molecule has 54 heavy (non-hydrogen) atoms. The van der Waals surface area contributed by atoms with E-state index in [1.807, 2.05) is 0 Å². The normalized spacial score (nSPS) is 15.1. The minimum atomic E-state index is -6.26. The number of carbonyl (C=O) groups excluding carboxylic acids is 4. The number of fused-ring (bicyclic) bond motifs is 2. The number of aryl methyl sites for hydroxylation is 1. The van der Waals surface area contributed by atoms with E-state index in [9.17, 15) is 71.9 Å². The van der Waals surface area contributed by atoms with Crippen LogP contribution in [0.4, 0.5) is 58.4 Å². The van der Waals surface area contributed by atoms with Crippen molar-refractivity contribution in [1.82, 2.24) is 4.90 Å². The van der Waals surface area contributed by atoms with Crippen LogP contribution >= 0.6 is 0 Å². The van der Waals surface area contributed by atoms with Gasteiger partial charge in [-0.05, 0) is 71.6 Å². The van der Waals surface area contributed by atoms with Crippen LogP contribution < -0.4 is 4.90 Å². The molecule has 6 rings (SSSR count). The minimum Gasteiger partial charge on any atom is -0.277 e. The van der Waals surface area contributed by atoms with Gasteiger partial charge in [0.25, 0.3) is 23.6 Å². The summed E-state index contributed by atoms with van der Waals surface area (Å²) in [6, 6.07) is 5.82. The molecule has 2 aliphatic heterocycles. The third-order valence-corrected chi connectivity index (χ3v) is 9.03. The second-order valence-corrected chi connectivity index (χ2v) is 12.2. The van der Waals surface area contributed by atoms with Gasteiger partial charge in [0, 0.05) is 7.05 Å². The molecule has 0 N–H and O–H groups in total. The Labute approximate surface area is 296 Å². The van der Waals surface area contributed by atoms with Gasteiger partial charge >= 0.3 is 24.7 Å². The van der Waals surface area contributed by atoms with Gasteiger partial charge in [-0.25, -0.2) is 4.90 Å². The zero-order valence-electron chi connectivity index (χ0n) is 26.5. The third kappa shape index (κ3) is 5.78. The molecule has 0 spiro atoms. The summed E-state index contributed by atoms with van der Waals surface area (Å²) >= 11 is 0. The summed E-state index contributed by atoms with van der Waals surface area (Å²) in [5.41, 5.74) is -17.3. The van der Waals surface area contributed by atoms with Gasteiger partial charge in [0.1, 0.15) is 0 Å². The van der Waals surface area contributed by atoms with Gasteiger partial charge in [-0.1, -0.05) is 43.3 Å². The molecule has 18 heteroatoms. The van der Waals surface area contributed by atoms with E-state index in [1.54, 1.807) is 0 Å². The number of hydrogen-bond acceptors (Lipinski definition) is 4. The first kappa shape index (κ1) is 39.5. The first-order valence-electron chi connectivity index (χ1n) is 14.9. The van der Waals surface area contributed by atoms with Gasteiger partial charge in [-0.3, -0.25) is 24.1 Å². The lowest BCUT2D eigenvalue weighted by Gasteiger charge is -2.38. The van der Waals surface area contributed by atoms with Crippen LogP contribution in [0.5, 0.6) is 0 Å². The van der Waals surface area contributed by atoms with Gasteiger partial charge in [0.15, 0.2) is 0 Å². The quantitative estimate of drug-likeness (QED) is 0.153. The number of hydrogen-bond donors (Lipinski definition) is 0. The summed E-state index contributed by atoms with van der Waals surface area (Å²) in [6.45, 7) is 1.27. The Morgan fingerprint density at radius 3 is 1.33 bits per heavy atom. The van der Waals surface area contributed by atoms with Gasteiger partial charge in [0.05, 0.1) is 39.1 Å². The van der Waals surface area contributed by atoms with Gasteiger partial charge in [-0.2, -0.15) is 52.7 Å². The number of amides is 4. The average molecular weight is 775 g/mol. The minimum absolute atomic E-state index is 0. The van der Waals surface area contributed by atoms with Crippen molar-refractivity contribution < 1.29 is 71.9 Å². The molecule has 0 fully saturated rings. The van der Waals surface area contributed by atoms with Crippen molar-refractivity contribution in [3.63, 3.8) is 0 Å². The predicted molar refractivity (Wildman–Crippen MR) is 167 cm³/mol. The highest BCUT2D eigenvalue weighted by molar-refractivity contribution is 6.34. The molecule has 0 aliphatic carbocycles. The van der Waals surface area contributed by atoms with Crippen LogP contribution in [0, 0.1) is 6.92 Å². The van der Waals surface area contributed by atoms with Crippen molar-refractivity contribution >= 4 is 29.3 Å². The summed E-state index contributed by atoms with van der Waals surface area (Å²) in [5.74, 6) is -5.30. The Hall–Kier alpha value is -5.68. The highest BCUT2D eigenvalue weighted by Crippen LogP contribution is 2.57. The summed E-state index contributed by atoms with van der Waals surface area (Å²) in [7, 11) is 0.952. The van der Waals surface area contributed by atoms with Crippen molar-refractivity contribution in [3.05, 3.63) is 123 Å². The van der Waals surface area contributed by atoms with Crippen LogP contribution in [0.15, 0.2) is 72.8 Å². The Morgan fingerprint density at radius 2 is 0.852 bits per heavy atom.